The lowest BCUT2D eigenvalue weighted by atomic mass is 9.99. The highest BCUT2D eigenvalue weighted by Gasteiger charge is 2.22. The summed E-state index contributed by atoms with van der Waals surface area (Å²) >= 11 is 0. The van der Waals surface area contributed by atoms with Crippen LogP contribution in [-0.2, 0) is 6.42 Å². The molecule has 0 saturated heterocycles. The zero-order chi connectivity index (χ0) is 21.3. The first kappa shape index (κ1) is 23.7. The number of hydrogen-bond acceptors (Lipinski definition) is 4. The molecule has 1 rings (SSSR count). The van der Waals surface area contributed by atoms with Crippen LogP contribution in [-0.4, -0.2) is 24.4 Å². The molecule has 4 heteroatoms. The highest BCUT2D eigenvalue weighted by atomic mass is 16.5. The van der Waals surface area contributed by atoms with E-state index in [1.807, 2.05) is 0 Å². The summed E-state index contributed by atoms with van der Waals surface area (Å²) in [6, 6.07) is 0. The topological polar surface area (TPSA) is 58.9 Å². The Morgan fingerprint density at radius 1 is 0.786 bits per heavy atom. The van der Waals surface area contributed by atoms with E-state index in [0.717, 1.165) is 25.7 Å². The summed E-state index contributed by atoms with van der Waals surface area (Å²) in [6.45, 7) is 10.3. The summed E-state index contributed by atoms with van der Waals surface area (Å²) < 4.78 is 10.4. The van der Waals surface area contributed by atoms with Gasteiger partial charge in [-0.1, -0.05) is 34.9 Å². The van der Waals surface area contributed by atoms with Crippen molar-refractivity contribution in [3.8, 4) is 23.0 Å². The van der Waals surface area contributed by atoms with Crippen LogP contribution in [0.5, 0.6) is 23.0 Å². The Hall–Kier alpha value is -2.36. The number of phenolic OH excluding ortho intramolecular Hbond substituents is 2. The molecule has 4 nitrogen and oxygen atoms in total. The maximum absolute atomic E-state index is 10.5. The highest BCUT2D eigenvalue weighted by Crippen LogP contribution is 2.48. The lowest BCUT2D eigenvalue weighted by molar-refractivity contribution is 0.314. The highest BCUT2D eigenvalue weighted by molar-refractivity contribution is 5.66. The van der Waals surface area contributed by atoms with Crippen molar-refractivity contribution >= 4 is 0 Å². The molecule has 1 aromatic carbocycles. The molecule has 0 atom stereocenters. The molecule has 28 heavy (non-hydrogen) atoms. The van der Waals surface area contributed by atoms with Crippen molar-refractivity contribution in [2.24, 2.45) is 0 Å². The average Bonchev–Trinajstić information content (AvgIpc) is 2.64. The molecule has 0 unspecified atom stereocenters. The molecule has 0 aromatic heterocycles. The van der Waals surface area contributed by atoms with Gasteiger partial charge in [-0.25, -0.2) is 0 Å². The zero-order valence-electron chi connectivity index (χ0n) is 18.5. The van der Waals surface area contributed by atoms with Crippen molar-refractivity contribution in [2.75, 3.05) is 14.2 Å². The van der Waals surface area contributed by atoms with E-state index in [0.29, 0.717) is 17.5 Å². The molecule has 156 valence electrons. The second-order valence-corrected chi connectivity index (χ2v) is 7.53. The maximum atomic E-state index is 10.5. The van der Waals surface area contributed by atoms with E-state index in [-0.39, 0.29) is 23.0 Å². The van der Waals surface area contributed by atoms with Gasteiger partial charge in [0, 0.05) is 11.1 Å². The quantitative estimate of drug-likeness (QED) is 0.360. The number of aromatic hydroxyl groups is 2. The fourth-order valence-electron chi connectivity index (χ4n) is 3.09. The fraction of sp³-hybridized carbons (Fsp3) is 0.500. The van der Waals surface area contributed by atoms with Crippen LogP contribution < -0.4 is 9.47 Å². The lowest BCUT2D eigenvalue weighted by Crippen LogP contribution is -1.98. The Morgan fingerprint density at radius 2 is 1.29 bits per heavy atom. The van der Waals surface area contributed by atoms with E-state index < -0.39 is 0 Å². The van der Waals surface area contributed by atoms with Crippen LogP contribution in [0.25, 0.3) is 0 Å². The van der Waals surface area contributed by atoms with E-state index in [2.05, 4.69) is 45.9 Å². The van der Waals surface area contributed by atoms with Crippen LogP contribution >= 0.6 is 0 Å². The largest absolute Gasteiger partial charge is 0.504 e. The van der Waals surface area contributed by atoms with Crippen molar-refractivity contribution in [1.29, 1.82) is 0 Å². The van der Waals surface area contributed by atoms with Gasteiger partial charge in [0.05, 0.1) is 14.2 Å². The van der Waals surface area contributed by atoms with Gasteiger partial charge in [-0.05, 0) is 66.7 Å². The minimum Gasteiger partial charge on any atom is -0.504 e. The van der Waals surface area contributed by atoms with Crippen LogP contribution in [0.15, 0.2) is 34.9 Å². The Labute approximate surface area is 170 Å². The van der Waals surface area contributed by atoms with Crippen LogP contribution in [0.3, 0.4) is 0 Å². The van der Waals surface area contributed by atoms with Crippen molar-refractivity contribution in [3.63, 3.8) is 0 Å². The normalized spacial score (nSPS) is 12.1. The number of ether oxygens (including phenoxy) is 2. The SMILES string of the molecule is COc1c(O)c(C)c(C/C=C(/C)CC/C=C(/C)CCC=C(C)C)c(O)c1OC. The van der Waals surface area contributed by atoms with E-state index in [4.69, 9.17) is 9.47 Å². The van der Waals surface area contributed by atoms with Gasteiger partial charge in [0.15, 0.2) is 11.5 Å². The molecule has 0 aliphatic rings. The summed E-state index contributed by atoms with van der Waals surface area (Å²) in [5.41, 5.74) is 5.30. The predicted octanol–water partition coefficient (Wildman–Crippen LogP) is 6.39. The molecule has 0 radical (unpaired) electrons. The first-order valence-electron chi connectivity index (χ1n) is 9.82. The molecule has 0 bridgehead atoms. The minimum absolute atomic E-state index is 0.00752. The number of hydrogen-bond donors (Lipinski definition) is 2. The number of allylic oxidation sites excluding steroid dienone is 6. The average molecular weight is 389 g/mol. The van der Waals surface area contributed by atoms with Crippen molar-refractivity contribution in [2.45, 2.75) is 66.7 Å². The Morgan fingerprint density at radius 3 is 1.82 bits per heavy atom. The molecule has 0 heterocycles. The van der Waals surface area contributed by atoms with Crippen LogP contribution in [0.2, 0.25) is 0 Å². The van der Waals surface area contributed by atoms with Gasteiger partial charge < -0.3 is 19.7 Å². The van der Waals surface area contributed by atoms with Gasteiger partial charge in [0.1, 0.15) is 0 Å². The molecule has 0 spiro atoms. The fourth-order valence-corrected chi connectivity index (χ4v) is 3.09. The Bertz CT molecular complexity index is 751. The van der Waals surface area contributed by atoms with Crippen LogP contribution in [0.4, 0.5) is 0 Å². The molecule has 1 aromatic rings. The smallest absolute Gasteiger partial charge is 0.207 e. The third-order valence-electron chi connectivity index (χ3n) is 4.92. The maximum Gasteiger partial charge on any atom is 0.207 e. The molecule has 2 N–H and O–H groups in total. The summed E-state index contributed by atoms with van der Waals surface area (Å²) in [5.74, 6) is 0.360. The molecule has 0 fully saturated rings. The third kappa shape index (κ3) is 6.66. The number of benzene rings is 1. The van der Waals surface area contributed by atoms with Gasteiger partial charge in [0.25, 0.3) is 0 Å². The summed E-state index contributed by atoms with van der Waals surface area (Å²) in [7, 11) is 2.89. The van der Waals surface area contributed by atoms with Crippen molar-refractivity contribution in [1.82, 2.24) is 0 Å². The summed E-state index contributed by atoms with van der Waals surface area (Å²) in [5, 5.41) is 20.9. The molecule has 0 amide bonds. The molecule has 0 saturated carbocycles. The van der Waals surface area contributed by atoms with E-state index in [1.165, 1.54) is 30.9 Å². The van der Waals surface area contributed by atoms with Crippen molar-refractivity contribution in [3.05, 3.63) is 46.1 Å². The van der Waals surface area contributed by atoms with Gasteiger partial charge in [-0.2, -0.15) is 0 Å². The van der Waals surface area contributed by atoms with E-state index in [9.17, 15) is 10.2 Å². The molecule has 0 aliphatic heterocycles. The predicted molar refractivity (Wildman–Crippen MR) is 117 cm³/mol. The van der Waals surface area contributed by atoms with Crippen molar-refractivity contribution < 1.29 is 19.7 Å². The third-order valence-corrected chi connectivity index (χ3v) is 4.92. The second kappa shape index (κ2) is 11.5. The number of phenols is 2. The Kier molecular flexibility index (Phi) is 9.70. The van der Waals surface area contributed by atoms with Gasteiger partial charge in [-0.3, -0.25) is 0 Å². The van der Waals surface area contributed by atoms with E-state index >= 15 is 0 Å². The van der Waals surface area contributed by atoms with Crippen LogP contribution in [0.1, 0.15) is 64.5 Å². The van der Waals surface area contributed by atoms with Crippen LogP contribution in [0, 0.1) is 6.92 Å². The first-order chi connectivity index (χ1) is 13.2. The number of rotatable bonds is 10. The summed E-state index contributed by atoms with van der Waals surface area (Å²) in [6.07, 6.45) is 11.4. The first-order valence-corrected chi connectivity index (χ1v) is 9.82. The summed E-state index contributed by atoms with van der Waals surface area (Å²) in [4.78, 5) is 0. The van der Waals surface area contributed by atoms with Gasteiger partial charge in [0.2, 0.25) is 11.5 Å². The van der Waals surface area contributed by atoms with Gasteiger partial charge >= 0.3 is 0 Å². The monoisotopic (exact) mass is 388 g/mol. The molecular formula is C24H36O4. The number of methoxy groups -OCH3 is 2. The minimum atomic E-state index is 0.00752. The zero-order valence-corrected chi connectivity index (χ0v) is 18.5. The lowest BCUT2D eigenvalue weighted by Gasteiger charge is -2.17. The molecular weight excluding hydrogens is 352 g/mol. The Balaban J connectivity index is 2.78. The second-order valence-electron chi connectivity index (χ2n) is 7.53. The van der Waals surface area contributed by atoms with Gasteiger partial charge in [-0.15, -0.1) is 0 Å². The molecule has 0 aliphatic carbocycles. The van der Waals surface area contributed by atoms with E-state index in [1.54, 1.807) is 6.92 Å². The standard InChI is InChI=1S/C24H36O4/c1-16(2)10-8-11-17(3)12-9-13-18(4)14-15-20-19(5)21(25)23(27-6)24(28-7)22(20)26/h10,12,14,25-26H,8-9,11,13,15H2,1-7H3/b17-12-,18-14-.